The number of aryl methyl sites for hydroxylation is 2. The molecule has 0 spiro atoms. The van der Waals surface area contributed by atoms with Crippen molar-refractivity contribution in [2.24, 2.45) is 0 Å². The summed E-state index contributed by atoms with van der Waals surface area (Å²) in [7, 11) is -3.58. The number of rotatable bonds is 10. The zero-order valence-electron chi connectivity index (χ0n) is 13.3. The number of furan rings is 1. The van der Waals surface area contributed by atoms with Gasteiger partial charge in [0.25, 0.3) is 0 Å². The largest absolute Gasteiger partial charge is 0.465 e. The standard InChI is InChI=1S/C14H26N2O4S/c1-5-7-15-10-13-11(3)20-12(4)14(13)21(17,18)16-8-9-19-6-2/h15-16H,5-10H2,1-4H3. The number of hydrogen-bond acceptors (Lipinski definition) is 5. The summed E-state index contributed by atoms with van der Waals surface area (Å²) in [6, 6.07) is 0. The summed E-state index contributed by atoms with van der Waals surface area (Å²) in [5.41, 5.74) is 0.699. The first-order chi connectivity index (χ1) is 9.94. The molecule has 1 aromatic heterocycles. The Bertz CT molecular complexity index is 537. The van der Waals surface area contributed by atoms with Gasteiger partial charge in [-0.1, -0.05) is 6.92 Å². The van der Waals surface area contributed by atoms with Crippen molar-refractivity contribution in [3.05, 3.63) is 17.1 Å². The molecule has 0 bridgehead atoms. The van der Waals surface area contributed by atoms with Gasteiger partial charge < -0.3 is 14.5 Å². The van der Waals surface area contributed by atoms with Gasteiger partial charge in [0, 0.05) is 25.3 Å². The zero-order chi connectivity index (χ0) is 15.9. The van der Waals surface area contributed by atoms with E-state index >= 15 is 0 Å². The lowest BCUT2D eigenvalue weighted by molar-refractivity contribution is 0.153. The molecule has 0 aromatic carbocycles. The highest BCUT2D eigenvalue weighted by Crippen LogP contribution is 2.26. The molecule has 0 saturated carbocycles. The number of hydrogen-bond donors (Lipinski definition) is 2. The van der Waals surface area contributed by atoms with Crippen LogP contribution in [0.15, 0.2) is 9.31 Å². The van der Waals surface area contributed by atoms with Crippen molar-refractivity contribution in [1.29, 1.82) is 0 Å². The molecule has 0 amide bonds. The summed E-state index contributed by atoms with van der Waals surface area (Å²) in [4.78, 5) is 0.250. The highest BCUT2D eigenvalue weighted by Gasteiger charge is 2.26. The third-order valence-electron chi connectivity index (χ3n) is 3.06. The Morgan fingerprint density at radius 2 is 1.86 bits per heavy atom. The summed E-state index contributed by atoms with van der Waals surface area (Å²) < 4.78 is 38.1. The molecule has 0 aliphatic rings. The molecule has 2 N–H and O–H groups in total. The molecule has 0 unspecified atom stereocenters. The normalized spacial score (nSPS) is 12.0. The van der Waals surface area contributed by atoms with Crippen LogP contribution in [-0.4, -0.2) is 34.7 Å². The fraction of sp³-hybridized carbons (Fsp3) is 0.714. The van der Waals surface area contributed by atoms with Crippen LogP contribution < -0.4 is 10.0 Å². The van der Waals surface area contributed by atoms with E-state index in [9.17, 15) is 8.42 Å². The number of sulfonamides is 1. The molecule has 21 heavy (non-hydrogen) atoms. The van der Waals surface area contributed by atoms with Crippen LogP contribution in [0, 0.1) is 13.8 Å². The zero-order valence-corrected chi connectivity index (χ0v) is 14.1. The van der Waals surface area contributed by atoms with Gasteiger partial charge in [-0.2, -0.15) is 0 Å². The predicted molar refractivity (Wildman–Crippen MR) is 81.9 cm³/mol. The Balaban J connectivity index is 2.88. The third kappa shape index (κ3) is 5.10. The van der Waals surface area contributed by atoms with E-state index in [2.05, 4.69) is 17.0 Å². The maximum atomic E-state index is 12.4. The van der Waals surface area contributed by atoms with E-state index in [1.54, 1.807) is 13.8 Å². The smallest absolute Gasteiger partial charge is 0.244 e. The van der Waals surface area contributed by atoms with Crippen LogP contribution >= 0.6 is 0 Å². The van der Waals surface area contributed by atoms with Gasteiger partial charge in [0.15, 0.2) is 0 Å². The van der Waals surface area contributed by atoms with Gasteiger partial charge >= 0.3 is 0 Å². The van der Waals surface area contributed by atoms with E-state index in [1.807, 2.05) is 6.92 Å². The molecule has 7 heteroatoms. The lowest BCUT2D eigenvalue weighted by Gasteiger charge is -2.09. The molecule has 1 rings (SSSR count). The van der Waals surface area contributed by atoms with Gasteiger partial charge in [-0.15, -0.1) is 0 Å². The van der Waals surface area contributed by atoms with Crippen LogP contribution in [0.3, 0.4) is 0 Å². The molecule has 0 atom stereocenters. The van der Waals surface area contributed by atoms with E-state index in [-0.39, 0.29) is 11.4 Å². The van der Waals surface area contributed by atoms with Gasteiger partial charge in [-0.25, -0.2) is 13.1 Å². The summed E-state index contributed by atoms with van der Waals surface area (Å²) in [6.07, 6.45) is 0.991. The van der Waals surface area contributed by atoms with Crippen LogP contribution in [0.2, 0.25) is 0 Å². The van der Waals surface area contributed by atoms with Crippen LogP contribution in [-0.2, 0) is 21.3 Å². The Morgan fingerprint density at radius 3 is 2.48 bits per heavy atom. The maximum absolute atomic E-state index is 12.4. The summed E-state index contributed by atoms with van der Waals surface area (Å²) >= 11 is 0. The fourth-order valence-corrected chi connectivity index (χ4v) is 3.58. The Kier molecular flexibility index (Phi) is 7.37. The summed E-state index contributed by atoms with van der Waals surface area (Å²) in [5.74, 6) is 1.06. The van der Waals surface area contributed by atoms with Gasteiger partial charge in [-0.3, -0.25) is 0 Å². The summed E-state index contributed by atoms with van der Waals surface area (Å²) in [5, 5.41) is 3.22. The molecule has 6 nitrogen and oxygen atoms in total. The number of ether oxygens (including phenoxy) is 1. The average molecular weight is 318 g/mol. The average Bonchev–Trinajstić information content (AvgIpc) is 2.70. The SMILES string of the molecule is CCCNCc1c(C)oc(C)c1S(=O)(=O)NCCOCC. The minimum absolute atomic E-state index is 0.250. The maximum Gasteiger partial charge on any atom is 0.244 e. The van der Waals surface area contributed by atoms with E-state index in [1.165, 1.54) is 0 Å². The van der Waals surface area contributed by atoms with Crippen molar-refractivity contribution in [2.75, 3.05) is 26.3 Å². The number of nitrogens with one attached hydrogen (secondary N) is 2. The molecule has 1 heterocycles. The summed E-state index contributed by atoms with van der Waals surface area (Å²) in [6.45, 7) is 9.89. The van der Waals surface area contributed by atoms with Gasteiger partial charge in [0.1, 0.15) is 16.4 Å². The first-order valence-corrected chi connectivity index (χ1v) is 8.79. The molecule has 0 aliphatic heterocycles. The molecule has 0 radical (unpaired) electrons. The topological polar surface area (TPSA) is 80.6 Å². The van der Waals surface area contributed by atoms with E-state index in [0.717, 1.165) is 13.0 Å². The first-order valence-electron chi connectivity index (χ1n) is 7.31. The lowest BCUT2D eigenvalue weighted by atomic mass is 10.2. The second-order valence-electron chi connectivity index (χ2n) is 4.79. The van der Waals surface area contributed by atoms with Crippen molar-refractivity contribution in [3.63, 3.8) is 0 Å². The van der Waals surface area contributed by atoms with Crippen molar-refractivity contribution in [2.45, 2.75) is 45.6 Å². The quantitative estimate of drug-likeness (QED) is 0.642. The van der Waals surface area contributed by atoms with Crippen LogP contribution in [0.5, 0.6) is 0 Å². The van der Waals surface area contributed by atoms with Crippen LogP contribution in [0.1, 0.15) is 37.4 Å². The van der Waals surface area contributed by atoms with Gasteiger partial charge in [0.2, 0.25) is 10.0 Å². The molecule has 122 valence electrons. The highest BCUT2D eigenvalue weighted by molar-refractivity contribution is 7.89. The molecule has 0 aliphatic carbocycles. The van der Waals surface area contributed by atoms with Crippen LogP contribution in [0.25, 0.3) is 0 Å². The molecule has 1 aromatic rings. The second kappa shape index (κ2) is 8.53. The third-order valence-corrected chi connectivity index (χ3v) is 4.72. The first kappa shape index (κ1) is 18.2. The van der Waals surface area contributed by atoms with Crippen molar-refractivity contribution >= 4 is 10.0 Å². The van der Waals surface area contributed by atoms with E-state index < -0.39 is 10.0 Å². The van der Waals surface area contributed by atoms with E-state index in [0.29, 0.717) is 36.8 Å². The minimum Gasteiger partial charge on any atom is -0.465 e. The van der Waals surface area contributed by atoms with Crippen molar-refractivity contribution in [3.8, 4) is 0 Å². The van der Waals surface area contributed by atoms with Crippen molar-refractivity contribution < 1.29 is 17.6 Å². The fourth-order valence-electron chi connectivity index (χ4n) is 2.12. The molecule has 0 saturated heterocycles. The Labute approximate surface area is 127 Å². The molecule has 0 fully saturated rings. The lowest BCUT2D eigenvalue weighted by Crippen LogP contribution is -2.29. The minimum atomic E-state index is -3.58. The Morgan fingerprint density at radius 1 is 1.14 bits per heavy atom. The van der Waals surface area contributed by atoms with Crippen molar-refractivity contribution in [1.82, 2.24) is 10.0 Å². The monoisotopic (exact) mass is 318 g/mol. The highest BCUT2D eigenvalue weighted by atomic mass is 32.2. The van der Waals surface area contributed by atoms with Gasteiger partial charge in [-0.05, 0) is 33.7 Å². The van der Waals surface area contributed by atoms with E-state index in [4.69, 9.17) is 9.15 Å². The van der Waals surface area contributed by atoms with Gasteiger partial charge in [0.05, 0.1) is 6.61 Å². The molecular weight excluding hydrogens is 292 g/mol. The molecular formula is C14H26N2O4S. The second-order valence-corrected chi connectivity index (χ2v) is 6.50. The van der Waals surface area contributed by atoms with Crippen LogP contribution in [0.4, 0.5) is 0 Å². The Hall–Kier alpha value is -0.890. The predicted octanol–water partition coefficient (Wildman–Crippen LogP) is 1.71.